The molecule has 0 spiro atoms. The molecule has 0 heterocycles. The Morgan fingerprint density at radius 1 is 1.12 bits per heavy atom. The summed E-state index contributed by atoms with van der Waals surface area (Å²) in [6.07, 6.45) is 0. The Bertz CT molecular complexity index is 648. The van der Waals surface area contributed by atoms with Gasteiger partial charge in [0.2, 0.25) is 0 Å². The van der Waals surface area contributed by atoms with E-state index in [2.05, 4.69) is 41.5 Å². The maximum atomic E-state index is 12.2. The van der Waals surface area contributed by atoms with Crippen LogP contribution in [0, 0.1) is 0 Å². The molecule has 2 rings (SSSR count). The SMILES string of the molecule is CCSc1ccccc1NC(=O)NC[C@@H](C)N(C)c1ccccc1. The fraction of sp³-hybridized carbons (Fsp3) is 0.316. The van der Waals surface area contributed by atoms with Crippen LogP contribution in [-0.4, -0.2) is 31.4 Å². The van der Waals surface area contributed by atoms with Gasteiger partial charge < -0.3 is 15.5 Å². The van der Waals surface area contributed by atoms with Crippen LogP contribution in [-0.2, 0) is 0 Å². The van der Waals surface area contributed by atoms with Gasteiger partial charge in [0.1, 0.15) is 0 Å². The minimum atomic E-state index is -0.174. The Balaban J connectivity index is 1.87. The minimum absolute atomic E-state index is 0.174. The molecule has 0 radical (unpaired) electrons. The highest BCUT2D eigenvalue weighted by Gasteiger charge is 2.12. The molecule has 5 heteroatoms. The van der Waals surface area contributed by atoms with Gasteiger partial charge in [-0.15, -0.1) is 11.8 Å². The highest BCUT2D eigenvalue weighted by Crippen LogP contribution is 2.26. The summed E-state index contributed by atoms with van der Waals surface area (Å²) >= 11 is 1.72. The standard InChI is InChI=1S/C19H25N3OS/c1-4-24-18-13-9-8-12-17(18)21-19(23)20-14-15(2)22(3)16-10-6-5-7-11-16/h5-13,15H,4,14H2,1-3H3,(H2,20,21,23)/t15-/m1/s1. The lowest BCUT2D eigenvalue weighted by molar-refractivity contribution is 0.251. The lowest BCUT2D eigenvalue weighted by atomic mass is 10.2. The fourth-order valence-corrected chi connectivity index (χ4v) is 3.07. The van der Waals surface area contributed by atoms with Crippen LogP contribution in [0.1, 0.15) is 13.8 Å². The predicted octanol–water partition coefficient (Wildman–Crippen LogP) is 4.45. The molecule has 0 aliphatic rings. The highest BCUT2D eigenvalue weighted by molar-refractivity contribution is 7.99. The van der Waals surface area contributed by atoms with Crippen molar-refractivity contribution in [3.63, 3.8) is 0 Å². The molecule has 0 aliphatic carbocycles. The topological polar surface area (TPSA) is 44.4 Å². The molecule has 0 bridgehead atoms. The number of nitrogens with zero attached hydrogens (tertiary/aromatic N) is 1. The van der Waals surface area contributed by atoms with Gasteiger partial charge in [-0.1, -0.05) is 37.3 Å². The van der Waals surface area contributed by atoms with Gasteiger partial charge >= 0.3 is 6.03 Å². The second-order valence-electron chi connectivity index (χ2n) is 5.56. The van der Waals surface area contributed by atoms with E-state index in [0.717, 1.165) is 22.0 Å². The third-order valence-electron chi connectivity index (χ3n) is 3.82. The molecule has 2 N–H and O–H groups in total. The summed E-state index contributed by atoms with van der Waals surface area (Å²) in [6, 6.07) is 18.0. The van der Waals surface area contributed by atoms with Crippen molar-refractivity contribution in [1.29, 1.82) is 0 Å². The number of hydrogen-bond acceptors (Lipinski definition) is 3. The summed E-state index contributed by atoms with van der Waals surface area (Å²) in [6.45, 7) is 4.76. The zero-order valence-electron chi connectivity index (χ0n) is 14.5. The number of likely N-dealkylation sites (N-methyl/N-ethyl adjacent to an activating group) is 1. The number of rotatable bonds is 7. The molecular weight excluding hydrogens is 318 g/mol. The molecule has 0 saturated carbocycles. The van der Waals surface area contributed by atoms with Gasteiger partial charge in [0, 0.05) is 30.2 Å². The Kier molecular flexibility index (Phi) is 7.00. The number of para-hydroxylation sites is 2. The van der Waals surface area contributed by atoms with E-state index in [1.54, 1.807) is 11.8 Å². The van der Waals surface area contributed by atoms with E-state index in [-0.39, 0.29) is 12.1 Å². The summed E-state index contributed by atoms with van der Waals surface area (Å²) in [5, 5.41) is 5.89. The van der Waals surface area contributed by atoms with Gasteiger partial charge in [-0.3, -0.25) is 0 Å². The van der Waals surface area contributed by atoms with Crippen LogP contribution in [0.3, 0.4) is 0 Å². The van der Waals surface area contributed by atoms with Crippen molar-refractivity contribution in [2.24, 2.45) is 0 Å². The van der Waals surface area contributed by atoms with Gasteiger partial charge in [-0.2, -0.15) is 0 Å². The molecule has 128 valence electrons. The number of urea groups is 1. The monoisotopic (exact) mass is 343 g/mol. The van der Waals surface area contributed by atoms with Crippen LogP contribution < -0.4 is 15.5 Å². The van der Waals surface area contributed by atoms with Crippen molar-refractivity contribution in [2.45, 2.75) is 24.8 Å². The first-order chi connectivity index (χ1) is 11.6. The lowest BCUT2D eigenvalue weighted by Gasteiger charge is -2.27. The molecule has 0 aromatic heterocycles. The summed E-state index contributed by atoms with van der Waals surface area (Å²) in [5.74, 6) is 0.971. The fourth-order valence-electron chi connectivity index (χ4n) is 2.31. The molecule has 0 saturated heterocycles. The number of hydrogen-bond donors (Lipinski definition) is 2. The molecule has 2 amide bonds. The number of carbonyl (C=O) groups excluding carboxylic acids is 1. The van der Waals surface area contributed by atoms with Crippen LogP contribution in [0.15, 0.2) is 59.5 Å². The first-order valence-corrected chi connectivity index (χ1v) is 9.15. The second-order valence-corrected chi connectivity index (χ2v) is 6.87. The Morgan fingerprint density at radius 3 is 2.50 bits per heavy atom. The summed E-state index contributed by atoms with van der Waals surface area (Å²) in [7, 11) is 2.03. The Hall–Kier alpha value is -2.14. The van der Waals surface area contributed by atoms with Crippen molar-refractivity contribution < 1.29 is 4.79 Å². The second kappa shape index (κ2) is 9.23. The largest absolute Gasteiger partial charge is 0.370 e. The zero-order chi connectivity index (χ0) is 17.4. The Labute approximate surface area is 148 Å². The van der Waals surface area contributed by atoms with Crippen LogP contribution in [0.4, 0.5) is 16.2 Å². The van der Waals surface area contributed by atoms with E-state index >= 15 is 0 Å². The van der Waals surface area contributed by atoms with E-state index < -0.39 is 0 Å². The van der Waals surface area contributed by atoms with E-state index in [0.29, 0.717) is 6.54 Å². The van der Waals surface area contributed by atoms with Gasteiger partial charge in [0.15, 0.2) is 0 Å². The lowest BCUT2D eigenvalue weighted by Crippen LogP contribution is -2.41. The molecule has 1 atom stereocenters. The maximum absolute atomic E-state index is 12.2. The van der Waals surface area contributed by atoms with Gasteiger partial charge in [0.25, 0.3) is 0 Å². The number of thioether (sulfide) groups is 1. The molecule has 0 unspecified atom stereocenters. The minimum Gasteiger partial charge on any atom is -0.370 e. The summed E-state index contributed by atoms with van der Waals surface area (Å²) in [5.41, 5.74) is 1.99. The van der Waals surface area contributed by atoms with Crippen molar-refractivity contribution in [1.82, 2.24) is 5.32 Å². The summed E-state index contributed by atoms with van der Waals surface area (Å²) in [4.78, 5) is 15.4. The van der Waals surface area contributed by atoms with Crippen LogP contribution in [0.2, 0.25) is 0 Å². The van der Waals surface area contributed by atoms with E-state index in [1.807, 2.05) is 49.5 Å². The normalized spacial score (nSPS) is 11.6. The van der Waals surface area contributed by atoms with Crippen molar-refractivity contribution in [3.05, 3.63) is 54.6 Å². The Morgan fingerprint density at radius 2 is 1.79 bits per heavy atom. The third kappa shape index (κ3) is 5.20. The quantitative estimate of drug-likeness (QED) is 0.730. The van der Waals surface area contributed by atoms with Gasteiger partial charge in [0.05, 0.1) is 5.69 Å². The number of amides is 2. The average molecular weight is 343 g/mol. The molecule has 4 nitrogen and oxygen atoms in total. The molecule has 2 aromatic carbocycles. The molecule has 0 aliphatic heterocycles. The smallest absolute Gasteiger partial charge is 0.319 e. The third-order valence-corrected chi connectivity index (χ3v) is 4.77. The maximum Gasteiger partial charge on any atom is 0.319 e. The number of carbonyl (C=O) groups is 1. The first-order valence-electron chi connectivity index (χ1n) is 8.16. The van der Waals surface area contributed by atoms with Crippen molar-refractivity contribution >= 4 is 29.2 Å². The number of nitrogens with one attached hydrogen (secondary N) is 2. The molecular formula is C19H25N3OS. The van der Waals surface area contributed by atoms with E-state index in [1.165, 1.54) is 0 Å². The van der Waals surface area contributed by atoms with E-state index in [4.69, 9.17) is 0 Å². The van der Waals surface area contributed by atoms with Crippen LogP contribution in [0.25, 0.3) is 0 Å². The van der Waals surface area contributed by atoms with Crippen molar-refractivity contribution in [2.75, 3.05) is 29.6 Å². The number of benzene rings is 2. The summed E-state index contributed by atoms with van der Waals surface area (Å²) < 4.78 is 0. The number of anilines is 2. The van der Waals surface area contributed by atoms with Crippen LogP contribution in [0.5, 0.6) is 0 Å². The van der Waals surface area contributed by atoms with Gasteiger partial charge in [-0.05, 0) is 36.9 Å². The molecule has 24 heavy (non-hydrogen) atoms. The highest BCUT2D eigenvalue weighted by atomic mass is 32.2. The first kappa shape index (κ1) is 18.2. The van der Waals surface area contributed by atoms with E-state index in [9.17, 15) is 4.79 Å². The molecule has 2 aromatic rings. The van der Waals surface area contributed by atoms with Crippen molar-refractivity contribution in [3.8, 4) is 0 Å². The average Bonchev–Trinajstić information content (AvgIpc) is 2.61. The van der Waals surface area contributed by atoms with Gasteiger partial charge in [-0.25, -0.2) is 4.79 Å². The van der Waals surface area contributed by atoms with Crippen LogP contribution >= 0.6 is 11.8 Å². The zero-order valence-corrected chi connectivity index (χ0v) is 15.3. The predicted molar refractivity (Wildman–Crippen MR) is 104 cm³/mol. The molecule has 0 fully saturated rings.